The number of rotatable bonds is 10. The van der Waals surface area contributed by atoms with Crippen LogP contribution in [0, 0.1) is 0 Å². The summed E-state index contributed by atoms with van der Waals surface area (Å²) in [5.74, 6) is -0.294. The van der Waals surface area contributed by atoms with Gasteiger partial charge in [-0.1, -0.05) is 29.3 Å². The number of halogens is 2. The number of imidazole rings is 1. The number of nitrogens with zero attached hydrogens (tertiary/aromatic N) is 5. The number of hydrogen-bond acceptors (Lipinski definition) is 7. The van der Waals surface area contributed by atoms with Gasteiger partial charge in [-0.3, -0.25) is 4.90 Å². The van der Waals surface area contributed by atoms with E-state index in [0.29, 0.717) is 40.5 Å². The Kier molecular flexibility index (Phi) is 9.34. The van der Waals surface area contributed by atoms with Crippen molar-refractivity contribution in [3.05, 3.63) is 76.8 Å². The molecule has 3 aromatic rings. The fraction of sp³-hybridized carbons (Fsp3) is 0.429. The Labute approximate surface area is 250 Å². The van der Waals surface area contributed by atoms with Crippen molar-refractivity contribution in [3.63, 3.8) is 0 Å². The molecule has 0 amide bonds. The van der Waals surface area contributed by atoms with Gasteiger partial charge in [0.1, 0.15) is 18.5 Å². The molecule has 1 aromatic heterocycles. The van der Waals surface area contributed by atoms with Crippen LogP contribution in [0.15, 0.2) is 61.2 Å². The molecule has 2 aliphatic rings. The molecule has 0 saturated carbocycles. The molecule has 0 aliphatic carbocycles. The molecule has 0 radical (unpaired) electrons. The minimum absolute atomic E-state index is 0.282. The van der Waals surface area contributed by atoms with Crippen molar-refractivity contribution >= 4 is 46.2 Å². The van der Waals surface area contributed by atoms with Crippen LogP contribution in [0.25, 0.3) is 0 Å². The number of nitrogens with two attached hydrogens (primary N) is 1. The van der Waals surface area contributed by atoms with Crippen LogP contribution >= 0.6 is 35.4 Å². The number of piperazine rings is 1. The van der Waals surface area contributed by atoms with Crippen LogP contribution in [0.4, 0.5) is 5.69 Å². The Morgan fingerprint density at radius 3 is 2.62 bits per heavy atom. The number of anilines is 1. The first-order chi connectivity index (χ1) is 19.3. The van der Waals surface area contributed by atoms with Crippen LogP contribution in [-0.4, -0.2) is 90.1 Å². The summed E-state index contributed by atoms with van der Waals surface area (Å²) in [6, 6.07) is 13.5. The molecule has 2 atom stereocenters. The van der Waals surface area contributed by atoms with Gasteiger partial charge >= 0.3 is 0 Å². The summed E-state index contributed by atoms with van der Waals surface area (Å²) >= 11 is 17.7. The summed E-state index contributed by atoms with van der Waals surface area (Å²) in [5, 5.41) is 1.47. The summed E-state index contributed by atoms with van der Waals surface area (Å²) in [5.41, 5.74) is 7.59. The zero-order valence-corrected chi connectivity index (χ0v) is 24.7. The number of benzene rings is 2. The van der Waals surface area contributed by atoms with Crippen LogP contribution in [0.5, 0.6) is 5.75 Å². The monoisotopic (exact) mass is 604 g/mol. The quantitative estimate of drug-likeness (QED) is 0.347. The normalized spacial score (nSPS) is 21.5. The van der Waals surface area contributed by atoms with E-state index in [1.54, 1.807) is 24.7 Å². The van der Waals surface area contributed by atoms with E-state index in [-0.39, 0.29) is 6.10 Å². The minimum Gasteiger partial charge on any atom is -0.491 e. The fourth-order valence-corrected chi connectivity index (χ4v) is 5.59. The van der Waals surface area contributed by atoms with Gasteiger partial charge in [0.25, 0.3) is 0 Å². The highest BCUT2D eigenvalue weighted by atomic mass is 35.5. The number of ether oxygens (including phenoxy) is 3. The van der Waals surface area contributed by atoms with Crippen LogP contribution < -0.4 is 15.4 Å². The van der Waals surface area contributed by atoms with Gasteiger partial charge < -0.3 is 34.3 Å². The molecule has 40 heavy (non-hydrogen) atoms. The third-order valence-corrected chi connectivity index (χ3v) is 8.15. The lowest BCUT2D eigenvalue weighted by molar-refractivity contribution is -0.189. The first-order valence-electron chi connectivity index (χ1n) is 13.2. The van der Waals surface area contributed by atoms with E-state index in [1.165, 1.54) is 5.69 Å². The lowest BCUT2D eigenvalue weighted by atomic mass is 10.1. The molecule has 2 unspecified atom stereocenters. The van der Waals surface area contributed by atoms with Crippen molar-refractivity contribution in [2.24, 2.45) is 5.73 Å². The van der Waals surface area contributed by atoms with E-state index < -0.39 is 5.79 Å². The van der Waals surface area contributed by atoms with Crippen LogP contribution in [0.1, 0.15) is 5.56 Å². The maximum atomic E-state index is 6.57. The van der Waals surface area contributed by atoms with Crippen molar-refractivity contribution in [3.8, 4) is 5.75 Å². The first kappa shape index (κ1) is 28.9. The standard InChI is InChI=1S/C28H34Cl2N6O3S/c1-33(27(31)40)10-11-34-12-14-36(15-13-34)22-3-5-23(6-4-22)37-17-24-18-38-28(39-24,19-35-9-8-32-20-35)25-7-2-21(29)16-26(25)30/h2-9,16,20,24H,10-15,17-19H2,1H3,(H2,31,40). The molecule has 12 heteroatoms. The predicted octanol–water partition coefficient (Wildman–Crippen LogP) is 3.83. The second-order valence-corrected chi connectivity index (χ2v) is 11.3. The van der Waals surface area contributed by atoms with Gasteiger partial charge in [0.05, 0.1) is 24.5 Å². The van der Waals surface area contributed by atoms with Crippen molar-refractivity contribution < 1.29 is 14.2 Å². The molecule has 3 heterocycles. The Hall–Kier alpha value is -2.60. The van der Waals surface area contributed by atoms with E-state index in [0.717, 1.165) is 45.0 Å². The minimum atomic E-state index is -1.08. The van der Waals surface area contributed by atoms with Gasteiger partial charge in [0.15, 0.2) is 5.11 Å². The molecule has 9 nitrogen and oxygen atoms in total. The van der Waals surface area contributed by atoms with E-state index in [2.05, 4.69) is 26.9 Å². The first-order valence-corrected chi connectivity index (χ1v) is 14.4. The molecule has 0 spiro atoms. The molecule has 0 bridgehead atoms. The molecule has 2 saturated heterocycles. The highest BCUT2D eigenvalue weighted by molar-refractivity contribution is 7.80. The van der Waals surface area contributed by atoms with E-state index >= 15 is 0 Å². The molecule has 2 aliphatic heterocycles. The van der Waals surface area contributed by atoms with Gasteiger partial charge in [0, 0.05) is 75.0 Å². The second-order valence-electron chi connectivity index (χ2n) is 10.1. The lowest BCUT2D eigenvalue weighted by Crippen LogP contribution is -2.49. The summed E-state index contributed by atoms with van der Waals surface area (Å²) in [6.07, 6.45) is 5.02. The molecule has 2 fully saturated rings. The third-order valence-electron chi connectivity index (χ3n) is 7.29. The Morgan fingerprint density at radius 2 is 1.95 bits per heavy atom. The van der Waals surface area contributed by atoms with Gasteiger partial charge in [0.2, 0.25) is 5.79 Å². The van der Waals surface area contributed by atoms with Gasteiger partial charge in [-0.15, -0.1) is 0 Å². The average molecular weight is 606 g/mol. The zero-order valence-electron chi connectivity index (χ0n) is 22.4. The van der Waals surface area contributed by atoms with Crippen molar-refractivity contribution in [1.82, 2.24) is 19.4 Å². The van der Waals surface area contributed by atoms with Gasteiger partial charge in [-0.05, 0) is 48.6 Å². The highest BCUT2D eigenvalue weighted by Gasteiger charge is 2.45. The van der Waals surface area contributed by atoms with Gasteiger partial charge in [-0.2, -0.15) is 0 Å². The average Bonchev–Trinajstić information content (AvgIpc) is 3.61. The number of aromatic nitrogens is 2. The molecule has 2 aromatic carbocycles. The maximum Gasteiger partial charge on any atom is 0.215 e. The second kappa shape index (κ2) is 12.9. The van der Waals surface area contributed by atoms with Gasteiger partial charge in [-0.25, -0.2) is 4.98 Å². The smallest absolute Gasteiger partial charge is 0.215 e. The number of likely N-dealkylation sites (N-methyl/N-ethyl adjacent to an activating group) is 1. The topological polar surface area (TPSA) is 81.2 Å². The highest BCUT2D eigenvalue weighted by Crippen LogP contribution is 2.40. The van der Waals surface area contributed by atoms with E-state index in [4.69, 9.17) is 55.4 Å². The Balaban J connectivity index is 1.14. The van der Waals surface area contributed by atoms with Crippen molar-refractivity contribution in [2.75, 3.05) is 64.4 Å². The summed E-state index contributed by atoms with van der Waals surface area (Å²) in [6.45, 7) is 6.83. The van der Waals surface area contributed by atoms with Crippen molar-refractivity contribution in [1.29, 1.82) is 0 Å². The summed E-state index contributed by atoms with van der Waals surface area (Å²) in [4.78, 5) is 10.9. The molecule has 2 N–H and O–H groups in total. The van der Waals surface area contributed by atoms with Crippen LogP contribution in [-0.2, 0) is 21.8 Å². The van der Waals surface area contributed by atoms with Crippen molar-refractivity contribution in [2.45, 2.75) is 18.4 Å². The predicted molar refractivity (Wildman–Crippen MR) is 161 cm³/mol. The number of thiocarbonyl (C=S) groups is 1. The zero-order chi connectivity index (χ0) is 28.1. The van der Waals surface area contributed by atoms with E-state index in [1.807, 2.05) is 40.9 Å². The Bertz CT molecular complexity index is 1270. The SMILES string of the molecule is CN(CCN1CCN(c2ccc(OCC3COC(Cn4ccnc4)(c4ccc(Cl)cc4Cl)O3)cc2)CC1)C(N)=S. The lowest BCUT2D eigenvalue weighted by Gasteiger charge is -2.36. The molecule has 214 valence electrons. The maximum absolute atomic E-state index is 6.57. The third kappa shape index (κ3) is 6.99. The molecular weight excluding hydrogens is 571 g/mol. The molecule has 5 rings (SSSR count). The number of hydrogen-bond donors (Lipinski definition) is 1. The summed E-state index contributed by atoms with van der Waals surface area (Å²) < 4.78 is 20.8. The van der Waals surface area contributed by atoms with E-state index in [9.17, 15) is 0 Å². The summed E-state index contributed by atoms with van der Waals surface area (Å²) in [7, 11) is 1.93. The fourth-order valence-electron chi connectivity index (χ4n) is 4.95. The van der Waals surface area contributed by atoms with Crippen LogP contribution in [0.2, 0.25) is 10.0 Å². The van der Waals surface area contributed by atoms with Crippen LogP contribution in [0.3, 0.4) is 0 Å². The molecular formula is C28H34Cl2N6O3S. The Morgan fingerprint density at radius 1 is 1.18 bits per heavy atom. The largest absolute Gasteiger partial charge is 0.491 e.